The van der Waals surface area contributed by atoms with Crippen LogP contribution >= 0.6 is 0 Å². The van der Waals surface area contributed by atoms with Crippen LogP contribution in [0.3, 0.4) is 0 Å². The Morgan fingerprint density at radius 1 is 0.929 bits per heavy atom. The number of hydrogen-bond acceptors (Lipinski definition) is 8. The van der Waals surface area contributed by atoms with Gasteiger partial charge in [-0.1, -0.05) is 20.8 Å². The Labute approximate surface area is 252 Å². The van der Waals surface area contributed by atoms with Crippen molar-refractivity contribution in [2.75, 3.05) is 26.5 Å². The van der Waals surface area contributed by atoms with Crippen LogP contribution in [0, 0.1) is 46.3 Å². The molecule has 4 rings (SSSR count). The molecule has 240 valence electrons. The number of esters is 2. The molecule has 10 heteroatoms. The van der Waals surface area contributed by atoms with Crippen LogP contribution in [-0.2, 0) is 38.2 Å². The number of nitrogens with zero attached hydrogens (tertiary/aromatic N) is 1. The van der Waals surface area contributed by atoms with Crippen LogP contribution in [0.2, 0.25) is 0 Å². The number of carbonyl (C=O) groups excluding carboxylic acids is 3. The third kappa shape index (κ3) is 6.69. The van der Waals surface area contributed by atoms with E-state index >= 15 is 0 Å². The molecular weight excluding hydrogens is 558 g/mol. The highest BCUT2D eigenvalue weighted by Gasteiger charge is 2.64. The van der Waals surface area contributed by atoms with E-state index in [0.29, 0.717) is 41.9 Å². The monoisotopic (exact) mass is 611 g/mol. The fourth-order valence-electron chi connectivity index (χ4n) is 10.0. The fourth-order valence-corrected chi connectivity index (χ4v) is 10.7. The molecule has 4 aliphatic carbocycles. The van der Waals surface area contributed by atoms with Crippen LogP contribution in [0.25, 0.3) is 0 Å². The Bertz CT molecular complexity index is 1130. The van der Waals surface area contributed by atoms with Crippen molar-refractivity contribution in [1.29, 1.82) is 0 Å². The Balaban J connectivity index is 1.45. The average Bonchev–Trinajstić information content (AvgIpc) is 3.27. The van der Waals surface area contributed by atoms with E-state index in [1.54, 1.807) is 7.05 Å². The highest BCUT2D eigenvalue weighted by Crippen LogP contribution is 2.68. The second-order valence-electron chi connectivity index (χ2n) is 14.4. The number of carbonyl (C=O) groups is 3. The summed E-state index contributed by atoms with van der Waals surface area (Å²) in [5, 5.41) is 0. The maximum Gasteiger partial charge on any atom is 0.302 e. The van der Waals surface area contributed by atoms with Crippen molar-refractivity contribution >= 4 is 28.0 Å². The molecule has 10 atom stereocenters. The van der Waals surface area contributed by atoms with Gasteiger partial charge in [0.05, 0.1) is 12.9 Å². The summed E-state index contributed by atoms with van der Waals surface area (Å²) in [6.07, 6.45) is 9.10. The van der Waals surface area contributed by atoms with Crippen LogP contribution in [0.1, 0.15) is 98.8 Å². The quantitative estimate of drug-likeness (QED) is 0.251. The van der Waals surface area contributed by atoms with Gasteiger partial charge >= 0.3 is 11.9 Å². The summed E-state index contributed by atoms with van der Waals surface area (Å²) in [5.41, 5.74) is 0.273. The summed E-state index contributed by atoms with van der Waals surface area (Å²) < 4.78 is 39.6. The summed E-state index contributed by atoms with van der Waals surface area (Å²) in [6.45, 7) is 10.3. The van der Waals surface area contributed by atoms with E-state index in [9.17, 15) is 22.8 Å². The third-order valence-electron chi connectivity index (χ3n) is 12.2. The van der Waals surface area contributed by atoms with Crippen molar-refractivity contribution in [3.63, 3.8) is 0 Å². The second kappa shape index (κ2) is 12.7. The van der Waals surface area contributed by atoms with Gasteiger partial charge in [0.2, 0.25) is 5.91 Å². The lowest BCUT2D eigenvalue weighted by Crippen LogP contribution is -2.59. The molecule has 0 aromatic carbocycles. The summed E-state index contributed by atoms with van der Waals surface area (Å²) in [6, 6.07) is 0. The zero-order valence-electron chi connectivity index (χ0n) is 26.7. The third-order valence-corrected chi connectivity index (χ3v) is 13.4. The van der Waals surface area contributed by atoms with E-state index in [1.807, 2.05) is 0 Å². The first kappa shape index (κ1) is 33.2. The Hall–Kier alpha value is -1.68. The maximum atomic E-state index is 12.8. The second-order valence-corrected chi connectivity index (χ2v) is 16.2. The van der Waals surface area contributed by atoms with Gasteiger partial charge < -0.3 is 14.4 Å². The molecule has 0 aliphatic heterocycles. The van der Waals surface area contributed by atoms with Crippen molar-refractivity contribution < 1.29 is 36.5 Å². The molecule has 4 fully saturated rings. The normalized spacial score (nSPS) is 38.4. The number of hydrogen-bond donors (Lipinski definition) is 0. The van der Waals surface area contributed by atoms with E-state index < -0.39 is 10.1 Å². The van der Waals surface area contributed by atoms with Crippen LogP contribution < -0.4 is 0 Å². The Morgan fingerprint density at radius 2 is 1.57 bits per heavy atom. The number of rotatable bonds is 10. The molecule has 0 N–H and O–H groups in total. The first-order chi connectivity index (χ1) is 19.6. The Kier molecular flexibility index (Phi) is 10.1. The SMILES string of the molecule is COS(=O)(=O)CCN(C)C(=O)CC[C@@H](C)[C@H]1CC[C@H]2C3[C@H](OC(C)=O)C[C@@H]4C[C@H](OC(C)=O)CC[C@]4(C)[C@H]3CC[C@]12C. The minimum absolute atomic E-state index is 0.0397. The smallest absolute Gasteiger partial charge is 0.302 e. The van der Waals surface area contributed by atoms with E-state index in [1.165, 1.54) is 18.7 Å². The molecule has 1 unspecified atom stereocenters. The predicted molar refractivity (Wildman–Crippen MR) is 159 cm³/mol. The summed E-state index contributed by atoms with van der Waals surface area (Å²) in [7, 11) is -0.812. The molecule has 42 heavy (non-hydrogen) atoms. The molecule has 4 saturated carbocycles. The summed E-state index contributed by atoms with van der Waals surface area (Å²) in [4.78, 5) is 38.3. The Morgan fingerprint density at radius 3 is 2.21 bits per heavy atom. The van der Waals surface area contributed by atoms with Crippen molar-refractivity contribution in [3.05, 3.63) is 0 Å². The first-order valence-electron chi connectivity index (χ1n) is 16.0. The standard InChI is InChI=1S/C32H53NO8S/c1-20(8-11-29(36)33(6)16-17-42(37,38)39-7)25-9-10-26-30-27(13-15-32(25,26)5)31(4)14-12-24(40-21(2)34)18-23(31)19-28(30)41-22(3)35/h20,23-28,30H,8-19H2,1-7H3/t20-,23+,24-,25-,26+,27+,28-,30?,31+,32-/m1/s1. The van der Waals surface area contributed by atoms with Crippen LogP contribution in [-0.4, -0.2) is 69.8 Å². The average molecular weight is 612 g/mol. The van der Waals surface area contributed by atoms with Crippen LogP contribution in [0.4, 0.5) is 0 Å². The van der Waals surface area contributed by atoms with E-state index in [4.69, 9.17) is 9.47 Å². The highest BCUT2D eigenvalue weighted by molar-refractivity contribution is 7.86. The minimum Gasteiger partial charge on any atom is -0.463 e. The van der Waals surface area contributed by atoms with Gasteiger partial charge in [-0.25, -0.2) is 0 Å². The molecule has 0 spiro atoms. The van der Waals surface area contributed by atoms with Crippen molar-refractivity contribution in [2.24, 2.45) is 46.3 Å². The van der Waals surface area contributed by atoms with Gasteiger partial charge in [0.1, 0.15) is 12.2 Å². The van der Waals surface area contributed by atoms with Gasteiger partial charge in [0, 0.05) is 39.8 Å². The molecule has 0 bridgehead atoms. The summed E-state index contributed by atoms with van der Waals surface area (Å²) >= 11 is 0. The van der Waals surface area contributed by atoms with Crippen LogP contribution in [0.5, 0.6) is 0 Å². The lowest BCUT2D eigenvalue weighted by atomic mass is 9.43. The van der Waals surface area contributed by atoms with E-state index in [-0.39, 0.29) is 53.2 Å². The van der Waals surface area contributed by atoms with Gasteiger partial charge in [-0.15, -0.1) is 0 Å². The van der Waals surface area contributed by atoms with E-state index in [0.717, 1.165) is 64.9 Å². The molecule has 1 amide bonds. The summed E-state index contributed by atoms with van der Waals surface area (Å²) in [5.74, 6) is 1.79. The van der Waals surface area contributed by atoms with Gasteiger partial charge in [-0.05, 0) is 98.2 Å². The number of fused-ring (bicyclic) bond motifs is 5. The van der Waals surface area contributed by atoms with Gasteiger partial charge in [0.25, 0.3) is 10.1 Å². The van der Waals surface area contributed by atoms with Crippen molar-refractivity contribution in [2.45, 2.75) is 111 Å². The maximum absolute atomic E-state index is 12.8. The molecule has 0 aromatic rings. The molecule has 9 nitrogen and oxygen atoms in total. The first-order valence-corrected chi connectivity index (χ1v) is 17.6. The van der Waals surface area contributed by atoms with Crippen molar-refractivity contribution in [1.82, 2.24) is 4.90 Å². The lowest BCUT2D eigenvalue weighted by Gasteiger charge is -2.62. The fraction of sp³-hybridized carbons (Fsp3) is 0.906. The zero-order chi connectivity index (χ0) is 31.0. The van der Waals surface area contributed by atoms with Gasteiger partial charge in [-0.2, -0.15) is 8.42 Å². The van der Waals surface area contributed by atoms with Gasteiger partial charge in [0.15, 0.2) is 0 Å². The minimum atomic E-state index is -3.60. The molecule has 0 aromatic heterocycles. The van der Waals surface area contributed by atoms with Gasteiger partial charge in [-0.3, -0.25) is 18.6 Å². The molecule has 0 radical (unpaired) electrons. The zero-order valence-corrected chi connectivity index (χ0v) is 27.5. The molecular formula is C32H53NO8S. The molecule has 0 heterocycles. The number of amides is 1. The molecule has 0 saturated heterocycles. The largest absolute Gasteiger partial charge is 0.463 e. The molecule has 4 aliphatic rings. The lowest BCUT2D eigenvalue weighted by molar-refractivity contribution is -0.197. The number of ether oxygens (including phenoxy) is 2. The highest BCUT2D eigenvalue weighted by atomic mass is 32.2. The predicted octanol–water partition coefficient (Wildman–Crippen LogP) is 4.97. The van der Waals surface area contributed by atoms with Crippen LogP contribution in [0.15, 0.2) is 0 Å². The van der Waals surface area contributed by atoms with Crippen molar-refractivity contribution in [3.8, 4) is 0 Å². The topological polar surface area (TPSA) is 116 Å². The van der Waals surface area contributed by atoms with E-state index in [2.05, 4.69) is 25.0 Å².